The van der Waals surface area contributed by atoms with Crippen molar-refractivity contribution in [2.45, 2.75) is 33.3 Å². The van der Waals surface area contributed by atoms with E-state index in [2.05, 4.69) is 0 Å². The van der Waals surface area contributed by atoms with Crippen LogP contribution < -0.4 is 5.73 Å². The van der Waals surface area contributed by atoms with Crippen LogP contribution >= 0.6 is 22.6 Å². The third-order valence-electron chi connectivity index (χ3n) is 2.42. The Labute approximate surface area is 125 Å². The fourth-order valence-electron chi connectivity index (χ4n) is 1.47. The number of carboxylic acids is 1. The smallest absolute Gasteiger partial charge is 0.339 e. The number of aromatic carboxylic acids is 1. The van der Waals surface area contributed by atoms with Crippen LogP contribution in [0.3, 0.4) is 0 Å². The molecule has 5 nitrogen and oxygen atoms in total. The van der Waals surface area contributed by atoms with E-state index in [1.807, 2.05) is 22.6 Å². The van der Waals surface area contributed by atoms with Gasteiger partial charge in [-0.15, -0.1) is 0 Å². The molecule has 0 fully saturated rings. The lowest BCUT2D eigenvalue weighted by Crippen LogP contribution is -2.25. The van der Waals surface area contributed by atoms with Gasteiger partial charge in [0.1, 0.15) is 5.60 Å². The lowest BCUT2D eigenvalue weighted by molar-refractivity contribution is 0.00683. The predicted octanol–water partition coefficient (Wildman–Crippen LogP) is 2.84. The molecule has 0 bridgehead atoms. The molecule has 19 heavy (non-hydrogen) atoms. The summed E-state index contributed by atoms with van der Waals surface area (Å²) in [6.07, 6.45) is 0. The van der Waals surface area contributed by atoms with Gasteiger partial charge in [-0.05, 0) is 61.9 Å². The number of carboxylic acid groups (broad SMARTS) is 1. The molecule has 0 aromatic heterocycles. The van der Waals surface area contributed by atoms with Gasteiger partial charge in [0.05, 0.1) is 14.7 Å². The number of nitrogen functional groups attached to an aromatic ring is 1. The molecule has 0 radical (unpaired) electrons. The molecular weight excluding hydrogens is 361 g/mol. The minimum atomic E-state index is -1.12. The van der Waals surface area contributed by atoms with E-state index >= 15 is 0 Å². The topological polar surface area (TPSA) is 89.6 Å². The SMILES string of the molecule is Cc1c(C(=O)O)cc(C(=O)OC(C)(C)C)c(I)c1N. The lowest BCUT2D eigenvalue weighted by atomic mass is 10.0. The molecule has 0 heterocycles. The highest BCUT2D eigenvalue weighted by molar-refractivity contribution is 14.1. The molecule has 0 aliphatic rings. The molecule has 0 unspecified atom stereocenters. The van der Waals surface area contributed by atoms with E-state index in [4.69, 9.17) is 15.6 Å². The Bertz CT molecular complexity index is 547. The van der Waals surface area contributed by atoms with Gasteiger partial charge < -0.3 is 15.6 Å². The van der Waals surface area contributed by atoms with Gasteiger partial charge in [-0.1, -0.05) is 0 Å². The van der Waals surface area contributed by atoms with E-state index in [1.165, 1.54) is 6.07 Å². The normalized spacial score (nSPS) is 11.2. The van der Waals surface area contributed by atoms with Gasteiger partial charge in [-0.25, -0.2) is 9.59 Å². The largest absolute Gasteiger partial charge is 0.478 e. The van der Waals surface area contributed by atoms with Crippen LogP contribution in [0.5, 0.6) is 0 Å². The molecule has 0 spiro atoms. The molecule has 3 N–H and O–H groups in total. The molecule has 0 aliphatic heterocycles. The second-order valence-corrected chi connectivity index (χ2v) is 6.21. The first kappa shape index (κ1) is 15.7. The van der Waals surface area contributed by atoms with E-state index in [-0.39, 0.29) is 11.1 Å². The number of rotatable bonds is 2. The Balaban J connectivity index is 3.37. The van der Waals surface area contributed by atoms with Crippen LogP contribution in [0.25, 0.3) is 0 Å². The van der Waals surface area contributed by atoms with E-state index in [1.54, 1.807) is 27.7 Å². The Kier molecular flexibility index (Phi) is 4.44. The first-order chi connectivity index (χ1) is 8.54. The second-order valence-electron chi connectivity index (χ2n) is 5.13. The van der Waals surface area contributed by atoms with Gasteiger partial charge in [0.25, 0.3) is 0 Å². The summed E-state index contributed by atoms with van der Waals surface area (Å²) in [5, 5.41) is 9.11. The molecule has 1 aromatic carbocycles. The van der Waals surface area contributed by atoms with E-state index < -0.39 is 17.5 Å². The summed E-state index contributed by atoms with van der Waals surface area (Å²) in [6.45, 7) is 6.84. The number of benzene rings is 1. The van der Waals surface area contributed by atoms with E-state index in [0.29, 0.717) is 14.8 Å². The monoisotopic (exact) mass is 377 g/mol. The Morgan fingerprint density at radius 3 is 2.26 bits per heavy atom. The van der Waals surface area contributed by atoms with Crippen molar-refractivity contribution in [3.05, 3.63) is 26.3 Å². The molecule has 1 rings (SSSR count). The minimum absolute atomic E-state index is 0.0128. The number of hydrogen-bond acceptors (Lipinski definition) is 4. The summed E-state index contributed by atoms with van der Waals surface area (Å²) in [5.74, 6) is -1.70. The number of ether oxygens (including phenoxy) is 1. The van der Waals surface area contributed by atoms with Crippen LogP contribution in [0.2, 0.25) is 0 Å². The summed E-state index contributed by atoms with van der Waals surface area (Å²) in [4.78, 5) is 23.2. The zero-order valence-electron chi connectivity index (χ0n) is 11.2. The van der Waals surface area contributed by atoms with Gasteiger partial charge in [-0.2, -0.15) is 0 Å². The van der Waals surface area contributed by atoms with Crippen LogP contribution in [0, 0.1) is 10.5 Å². The summed E-state index contributed by atoms with van der Waals surface area (Å²) >= 11 is 1.92. The van der Waals surface area contributed by atoms with Crippen LogP contribution in [-0.2, 0) is 4.74 Å². The van der Waals surface area contributed by atoms with Crippen LogP contribution in [-0.4, -0.2) is 22.6 Å². The van der Waals surface area contributed by atoms with Crippen molar-refractivity contribution >= 4 is 40.2 Å². The number of halogens is 1. The molecule has 0 amide bonds. The first-order valence-corrected chi connectivity index (χ1v) is 6.67. The molecule has 6 heteroatoms. The molecule has 0 atom stereocenters. The van der Waals surface area contributed by atoms with Crippen molar-refractivity contribution < 1.29 is 19.4 Å². The van der Waals surface area contributed by atoms with Gasteiger partial charge in [-0.3, -0.25) is 0 Å². The number of anilines is 1. The average Bonchev–Trinajstić information content (AvgIpc) is 2.23. The average molecular weight is 377 g/mol. The predicted molar refractivity (Wildman–Crippen MR) is 80.4 cm³/mol. The zero-order valence-corrected chi connectivity index (χ0v) is 13.4. The quantitative estimate of drug-likeness (QED) is 0.470. The number of nitrogens with two attached hydrogens (primary N) is 1. The molecule has 104 valence electrons. The maximum absolute atomic E-state index is 12.0. The summed E-state index contributed by atoms with van der Waals surface area (Å²) < 4.78 is 5.75. The maximum atomic E-state index is 12.0. The highest BCUT2D eigenvalue weighted by atomic mass is 127. The van der Waals surface area contributed by atoms with Gasteiger partial charge in [0.15, 0.2) is 0 Å². The van der Waals surface area contributed by atoms with Crippen LogP contribution in [0.4, 0.5) is 5.69 Å². The fraction of sp³-hybridized carbons (Fsp3) is 0.385. The highest BCUT2D eigenvalue weighted by Gasteiger charge is 2.24. The Hall–Kier alpha value is -1.31. The summed E-state index contributed by atoms with van der Waals surface area (Å²) in [6, 6.07) is 1.31. The summed E-state index contributed by atoms with van der Waals surface area (Å²) in [5.41, 5.74) is 6.13. The molecule has 0 aliphatic carbocycles. The first-order valence-electron chi connectivity index (χ1n) is 5.60. The van der Waals surface area contributed by atoms with Crippen molar-refractivity contribution in [1.29, 1.82) is 0 Å². The number of hydrogen-bond donors (Lipinski definition) is 2. The highest BCUT2D eigenvalue weighted by Crippen LogP contribution is 2.28. The third kappa shape index (κ3) is 3.59. The Morgan fingerprint density at radius 2 is 1.84 bits per heavy atom. The zero-order chi connectivity index (χ0) is 15.0. The van der Waals surface area contributed by atoms with E-state index in [0.717, 1.165) is 0 Å². The molecule has 0 saturated carbocycles. The fourth-order valence-corrected chi connectivity index (χ4v) is 2.25. The van der Waals surface area contributed by atoms with Crippen molar-refractivity contribution in [2.24, 2.45) is 0 Å². The number of carbonyl (C=O) groups excluding carboxylic acids is 1. The van der Waals surface area contributed by atoms with Crippen LogP contribution in [0.15, 0.2) is 6.07 Å². The number of carbonyl (C=O) groups is 2. The molecular formula is C13H16INO4. The van der Waals surface area contributed by atoms with Gasteiger partial charge >= 0.3 is 11.9 Å². The maximum Gasteiger partial charge on any atom is 0.339 e. The van der Waals surface area contributed by atoms with Crippen molar-refractivity contribution in [3.8, 4) is 0 Å². The van der Waals surface area contributed by atoms with Crippen LogP contribution in [0.1, 0.15) is 47.1 Å². The van der Waals surface area contributed by atoms with E-state index in [9.17, 15) is 9.59 Å². The Morgan fingerprint density at radius 1 is 1.32 bits per heavy atom. The molecule has 0 saturated heterocycles. The van der Waals surface area contributed by atoms with Gasteiger partial charge in [0, 0.05) is 5.69 Å². The number of esters is 1. The van der Waals surface area contributed by atoms with Crippen molar-refractivity contribution in [1.82, 2.24) is 0 Å². The standard InChI is InChI=1S/C13H16INO4/c1-6-7(11(16)17)5-8(9(14)10(6)15)12(18)19-13(2,3)4/h5H,15H2,1-4H3,(H,16,17). The molecule has 1 aromatic rings. The third-order valence-corrected chi connectivity index (χ3v) is 3.58. The van der Waals surface area contributed by atoms with Crippen molar-refractivity contribution in [2.75, 3.05) is 5.73 Å². The lowest BCUT2D eigenvalue weighted by Gasteiger charge is -2.21. The minimum Gasteiger partial charge on any atom is -0.478 e. The van der Waals surface area contributed by atoms with Crippen molar-refractivity contribution in [3.63, 3.8) is 0 Å². The second kappa shape index (κ2) is 5.36. The van der Waals surface area contributed by atoms with Gasteiger partial charge in [0.2, 0.25) is 0 Å². The summed E-state index contributed by atoms with van der Waals surface area (Å²) in [7, 11) is 0.